The van der Waals surface area contributed by atoms with Crippen molar-refractivity contribution >= 4 is 11.9 Å². The van der Waals surface area contributed by atoms with Crippen LogP contribution in [0.3, 0.4) is 0 Å². The summed E-state index contributed by atoms with van der Waals surface area (Å²) < 4.78 is 17.3. The summed E-state index contributed by atoms with van der Waals surface area (Å²) in [6.45, 7) is 7.48. The quantitative estimate of drug-likeness (QED) is 0.0346. The Morgan fingerprint density at radius 3 is 1.17 bits per heavy atom. The van der Waals surface area contributed by atoms with Gasteiger partial charge in [0, 0.05) is 19.4 Å². The molecule has 0 aliphatic rings. The van der Waals surface area contributed by atoms with Crippen molar-refractivity contribution in [1.82, 2.24) is 0 Å². The van der Waals surface area contributed by atoms with Gasteiger partial charge in [0.2, 0.25) is 0 Å². The van der Waals surface area contributed by atoms with Crippen molar-refractivity contribution in [2.75, 3.05) is 19.8 Å². The van der Waals surface area contributed by atoms with Gasteiger partial charge < -0.3 is 14.2 Å². The van der Waals surface area contributed by atoms with Crippen LogP contribution in [0.4, 0.5) is 0 Å². The van der Waals surface area contributed by atoms with Crippen LogP contribution in [0.15, 0.2) is 122 Å². The minimum absolute atomic E-state index is 0.0414. The summed E-state index contributed by atoms with van der Waals surface area (Å²) in [5.41, 5.74) is 0. The van der Waals surface area contributed by atoms with Gasteiger partial charge in [-0.15, -0.1) is 0 Å². The molecule has 0 aromatic heterocycles. The SMILES string of the molecule is CC/C=C\C/C=C\C/C=C\C/C=C\C/C=C\CCCCCC(=O)OCC(COCCCCCCCC/C=C\CCCCCC)OC(=O)CCCC/C=C\C/C=C\C/C=C\C/C=C\CC. The molecular weight excluding hydrogens is 789 g/mol. The maximum atomic E-state index is 12.8. The Morgan fingerprint density at radius 2 is 0.703 bits per heavy atom. The Labute approximate surface area is 395 Å². The summed E-state index contributed by atoms with van der Waals surface area (Å²) in [6, 6.07) is 0. The second-order valence-corrected chi connectivity index (χ2v) is 16.7. The van der Waals surface area contributed by atoms with Crippen LogP contribution >= 0.6 is 0 Å². The number of hydrogen-bond acceptors (Lipinski definition) is 5. The predicted octanol–water partition coefficient (Wildman–Crippen LogP) is 17.8. The van der Waals surface area contributed by atoms with Crippen LogP contribution in [0.2, 0.25) is 0 Å². The second-order valence-electron chi connectivity index (χ2n) is 16.7. The Morgan fingerprint density at radius 1 is 0.359 bits per heavy atom. The molecule has 0 N–H and O–H groups in total. The fraction of sp³-hybridized carbons (Fsp3) is 0.627. The maximum absolute atomic E-state index is 12.8. The highest BCUT2D eigenvalue weighted by Gasteiger charge is 2.17. The van der Waals surface area contributed by atoms with Crippen molar-refractivity contribution < 1.29 is 23.8 Å². The lowest BCUT2D eigenvalue weighted by molar-refractivity contribution is -0.163. The van der Waals surface area contributed by atoms with E-state index in [4.69, 9.17) is 14.2 Å². The van der Waals surface area contributed by atoms with Gasteiger partial charge in [-0.2, -0.15) is 0 Å². The third-order valence-corrected chi connectivity index (χ3v) is 10.5. The van der Waals surface area contributed by atoms with Crippen LogP contribution < -0.4 is 0 Å². The van der Waals surface area contributed by atoms with Crippen molar-refractivity contribution in [3.05, 3.63) is 122 Å². The summed E-state index contributed by atoms with van der Waals surface area (Å²) in [5.74, 6) is -0.493. The molecule has 0 saturated heterocycles. The van der Waals surface area contributed by atoms with Crippen molar-refractivity contribution in [2.24, 2.45) is 0 Å². The van der Waals surface area contributed by atoms with Crippen molar-refractivity contribution in [2.45, 2.75) is 219 Å². The Hall–Kier alpha value is -3.70. The molecule has 0 aliphatic carbocycles. The Balaban J connectivity index is 4.43. The highest BCUT2D eigenvalue weighted by Crippen LogP contribution is 2.11. The van der Waals surface area contributed by atoms with Crippen LogP contribution in [-0.2, 0) is 23.8 Å². The van der Waals surface area contributed by atoms with E-state index in [2.05, 4.69) is 142 Å². The number of rotatable bonds is 46. The molecule has 0 spiro atoms. The molecule has 0 radical (unpaired) electrons. The first kappa shape index (κ1) is 60.3. The Kier molecular flexibility index (Phi) is 50.5. The van der Waals surface area contributed by atoms with Crippen LogP contribution in [0.25, 0.3) is 0 Å². The number of ether oxygens (including phenoxy) is 3. The summed E-state index contributed by atoms with van der Waals surface area (Å²) in [5, 5.41) is 0. The molecule has 64 heavy (non-hydrogen) atoms. The smallest absolute Gasteiger partial charge is 0.306 e. The molecule has 1 atom stereocenters. The van der Waals surface area contributed by atoms with Crippen molar-refractivity contribution in [3.63, 3.8) is 0 Å². The zero-order valence-corrected chi connectivity index (χ0v) is 41.5. The van der Waals surface area contributed by atoms with E-state index in [-0.39, 0.29) is 25.2 Å². The van der Waals surface area contributed by atoms with Crippen LogP contribution in [0.1, 0.15) is 213 Å². The minimum Gasteiger partial charge on any atom is -0.462 e. The van der Waals surface area contributed by atoms with E-state index in [1.54, 1.807) is 0 Å². The van der Waals surface area contributed by atoms with Gasteiger partial charge in [-0.3, -0.25) is 9.59 Å². The van der Waals surface area contributed by atoms with Gasteiger partial charge in [0.15, 0.2) is 6.10 Å². The fourth-order valence-corrected chi connectivity index (χ4v) is 6.64. The summed E-state index contributed by atoms with van der Waals surface area (Å²) in [4.78, 5) is 25.4. The number of esters is 2. The lowest BCUT2D eigenvalue weighted by Gasteiger charge is -2.18. The average Bonchev–Trinajstić information content (AvgIpc) is 3.30. The average molecular weight is 885 g/mol. The molecule has 0 saturated carbocycles. The zero-order chi connectivity index (χ0) is 46.3. The van der Waals surface area contributed by atoms with E-state index in [1.807, 2.05) is 0 Å². The van der Waals surface area contributed by atoms with E-state index >= 15 is 0 Å². The molecule has 0 heterocycles. The lowest BCUT2D eigenvalue weighted by atomic mass is 10.1. The van der Waals surface area contributed by atoms with Crippen molar-refractivity contribution in [1.29, 1.82) is 0 Å². The van der Waals surface area contributed by atoms with E-state index in [9.17, 15) is 9.59 Å². The standard InChI is InChI=1S/C59H96O5/c1-4-7-10-13-16-19-22-25-28-29-30-31-33-34-37-40-43-46-49-52-58(60)63-56-57(55-62-54-51-48-45-42-39-36-27-24-21-18-15-12-9-6-3)64-59(61)53-50-47-44-41-38-35-32-26-23-20-17-14-11-8-5-2/h7-8,10-11,16-17,19-21,24-26,28,30-32,34,37-38,41,57H,4-6,9,12-15,18,22-23,27,29,33,35-36,39-40,42-56H2,1-3H3/b10-7-,11-8-,19-16-,20-17-,24-21-,28-25-,31-30-,32-26-,37-34-,41-38-. The van der Waals surface area contributed by atoms with Crippen LogP contribution in [0.5, 0.6) is 0 Å². The van der Waals surface area contributed by atoms with Gasteiger partial charge in [-0.1, -0.05) is 194 Å². The first-order chi connectivity index (χ1) is 31.6. The zero-order valence-electron chi connectivity index (χ0n) is 41.5. The molecule has 0 bridgehead atoms. The van der Waals surface area contributed by atoms with E-state index < -0.39 is 6.10 Å². The normalized spacial score (nSPS) is 13.2. The number of unbranched alkanes of at least 4 members (excludes halogenated alkanes) is 15. The topological polar surface area (TPSA) is 61.8 Å². The van der Waals surface area contributed by atoms with Gasteiger partial charge in [0.05, 0.1) is 6.61 Å². The molecule has 0 aromatic rings. The first-order valence-electron chi connectivity index (χ1n) is 26.1. The molecule has 5 nitrogen and oxygen atoms in total. The second kappa shape index (κ2) is 53.6. The Bertz CT molecular complexity index is 1320. The predicted molar refractivity (Wildman–Crippen MR) is 279 cm³/mol. The van der Waals surface area contributed by atoms with Crippen molar-refractivity contribution in [3.8, 4) is 0 Å². The summed E-state index contributed by atoms with van der Waals surface area (Å²) >= 11 is 0. The summed E-state index contributed by atoms with van der Waals surface area (Å²) in [7, 11) is 0. The lowest BCUT2D eigenvalue weighted by Crippen LogP contribution is -2.30. The first-order valence-corrected chi connectivity index (χ1v) is 26.1. The number of carbonyl (C=O) groups excluding carboxylic acids is 2. The molecule has 0 rings (SSSR count). The van der Waals surface area contributed by atoms with E-state index in [1.165, 1.54) is 64.2 Å². The highest BCUT2D eigenvalue weighted by atomic mass is 16.6. The fourth-order valence-electron chi connectivity index (χ4n) is 6.64. The molecule has 362 valence electrons. The molecule has 0 aromatic carbocycles. The molecule has 1 unspecified atom stereocenters. The maximum Gasteiger partial charge on any atom is 0.306 e. The highest BCUT2D eigenvalue weighted by molar-refractivity contribution is 5.70. The molecule has 0 fully saturated rings. The van der Waals surface area contributed by atoms with Gasteiger partial charge in [-0.25, -0.2) is 0 Å². The van der Waals surface area contributed by atoms with E-state index in [0.29, 0.717) is 19.4 Å². The number of hydrogen-bond donors (Lipinski definition) is 0. The van der Waals surface area contributed by atoms with Crippen LogP contribution in [-0.4, -0.2) is 37.9 Å². The monoisotopic (exact) mass is 885 g/mol. The van der Waals surface area contributed by atoms with Gasteiger partial charge in [0.25, 0.3) is 0 Å². The third-order valence-electron chi connectivity index (χ3n) is 10.5. The van der Waals surface area contributed by atoms with Gasteiger partial charge in [0.1, 0.15) is 6.61 Å². The molecule has 0 amide bonds. The van der Waals surface area contributed by atoms with Gasteiger partial charge in [-0.05, 0) is 128 Å². The number of carbonyl (C=O) groups is 2. The van der Waals surface area contributed by atoms with E-state index in [0.717, 1.165) is 116 Å². The largest absolute Gasteiger partial charge is 0.462 e. The minimum atomic E-state index is -0.583. The van der Waals surface area contributed by atoms with Crippen LogP contribution in [0, 0.1) is 0 Å². The molecule has 5 heteroatoms. The summed E-state index contributed by atoms with van der Waals surface area (Å²) in [6.07, 6.45) is 74.9. The molecule has 0 aliphatic heterocycles. The molecular formula is C59H96O5. The van der Waals surface area contributed by atoms with Gasteiger partial charge >= 0.3 is 11.9 Å². The number of allylic oxidation sites excluding steroid dienone is 20. The third kappa shape index (κ3) is 50.9.